The van der Waals surface area contributed by atoms with Gasteiger partial charge in [0.1, 0.15) is 10.5 Å². The summed E-state index contributed by atoms with van der Waals surface area (Å²) in [5.74, 6) is 0. The largest absolute Gasteiger partial charge is 0.327 e. The zero-order valence-corrected chi connectivity index (χ0v) is 13.9. The van der Waals surface area contributed by atoms with Crippen LogP contribution in [0.15, 0.2) is 58.2 Å². The molecule has 0 amide bonds. The molecule has 0 saturated carbocycles. The van der Waals surface area contributed by atoms with Gasteiger partial charge in [-0.25, -0.2) is 13.4 Å². The zero-order chi connectivity index (χ0) is 15.0. The van der Waals surface area contributed by atoms with Crippen LogP contribution in [0.5, 0.6) is 0 Å². The van der Waals surface area contributed by atoms with Crippen molar-refractivity contribution >= 4 is 46.7 Å². The highest BCUT2D eigenvalue weighted by Crippen LogP contribution is 2.29. The van der Waals surface area contributed by atoms with Crippen LogP contribution in [-0.2, 0) is 15.6 Å². The average Bonchev–Trinajstić information content (AvgIpc) is 2.78. The summed E-state index contributed by atoms with van der Waals surface area (Å²) in [6.45, 7) is 0.526. The predicted octanol–water partition coefficient (Wildman–Crippen LogP) is 3.77. The highest BCUT2D eigenvalue weighted by atomic mass is 79.9. The van der Waals surface area contributed by atoms with Gasteiger partial charge < -0.3 is 4.57 Å². The maximum Gasteiger partial charge on any atom is 0.263 e. The lowest BCUT2D eigenvalue weighted by atomic mass is 10.2. The molecule has 3 aromatic rings. The molecule has 7 heteroatoms. The maximum absolute atomic E-state index is 11.7. The second-order valence-corrected chi connectivity index (χ2v) is 8.02. The minimum absolute atomic E-state index is 0.0731. The van der Waals surface area contributed by atoms with Crippen LogP contribution in [0, 0.1) is 0 Å². The van der Waals surface area contributed by atoms with E-state index in [2.05, 4.69) is 20.9 Å². The van der Waals surface area contributed by atoms with Crippen molar-refractivity contribution in [2.75, 3.05) is 0 Å². The van der Waals surface area contributed by atoms with Gasteiger partial charge in [-0.05, 0) is 27.6 Å². The third-order valence-electron chi connectivity index (χ3n) is 3.10. The number of pyridine rings is 1. The third kappa shape index (κ3) is 2.97. The van der Waals surface area contributed by atoms with E-state index >= 15 is 0 Å². The van der Waals surface area contributed by atoms with Crippen molar-refractivity contribution in [1.29, 1.82) is 0 Å². The standard InChI is InChI=1S/C14H10BrClN2O2S/c15-11-6-12-13(21(16,19)20)9-18(14(12)17-7-11)8-10-4-2-1-3-5-10/h1-7,9H,8H2. The molecule has 0 radical (unpaired) electrons. The van der Waals surface area contributed by atoms with Crippen molar-refractivity contribution in [3.05, 3.63) is 58.8 Å². The van der Waals surface area contributed by atoms with E-state index in [-0.39, 0.29) is 4.90 Å². The molecule has 0 atom stereocenters. The fraction of sp³-hybridized carbons (Fsp3) is 0.0714. The number of hydrogen-bond acceptors (Lipinski definition) is 3. The van der Waals surface area contributed by atoms with Crippen LogP contribution in [-0.4, -0.2) is 18.0 Å². The molecule has 0 unspecified atom stereocenters. The molecular weight excluding hydrogens is 376 g/mol. The molecule has 0 bridgehead atoms. The van der Waals surface area contributed by atoms with Gasteiger partial charge in [-0.2, -0.15) is 0 Å². The van der Waals surface area contributed by atoms with Gasteiger partial charge >= 0.3 is 0 Å². The van der Waals surface area contributed by atoms with Crippen LogP contribution >= 0.6 is 26.6 Å². The van der Waals surface area contributed by atoms with Crippen LogP contribution in [0.3, 0.4) is 0 Å². The van der Waals surface area contributed by atoms with Gasteiger partial charge in [-0.15, -0.1) is 0 Å². The van der Waals surface area contributed by atoms with Crippen LogP contribution < -0.4 is 0 Å². The van der Waals surface area contributed by atoms with Gasteiger partial charge in [0.25, 0.3) is 9.05 Å². The fourth-order valence-corrected chi connectivity index (χ4v) is 3.58. The maximum atomic E-state index is 11.7. The minimum atomic E-state index is -3.83. The molecule has 0 N–H and O–H groups in total. The molecule has 0 fully saturated rings. The molecule has 0 saturated heterocycles. The summed E-state index contributed by atoms with van der Waals surface area (Å²) in [5.41, 5.74) is 1.64. The first-order valence-corrected chi connectivity index (χ1v) is 9.18. The second-order valence-electron chi connectivity index (χ2n) is 4.57. The van der Waals surface area contributed by atoms with Gasteiger partial charge in [-0.3, -0.25) is 0 Å². The number of rotatable bonds is 3. The Morgan fingerprint density at radius 1 is 1.24 bits per heavy atom. The number of aromatic nitrogens is 2. The molecule has 3 rings (SSSR count). The van der Waals surface area contributed by atoms with Crippen LogP contribution in [0.1, 0.15) is 5.56 Å². The van der Waals surface area contributed by atoms with Gasteiger partial charge in [-0.1, -0.05) is 30.3 Å². The van der Waals surface area contributed by atoms with E-state index in [0.717, 1.165) is 5.56 Å². The summed E-state index contributed by atoms with van der Waals surface area (Å²) >= 11 is 3.30. The number of fused-ring (bicyclic) bond motifs is 1. The molecular formula is C14H10BrClN2O2S. The molecule has 1 aromatic carbocycles. The molecule has 4 nitrogen and oxygen atoms in total. The number of halogens is 2. The molecule has 0 aliphatic heterocycles. The SMILES string of the molecule is O=S(=O)(Cl)c1cn(Cc2ccccc2)c2ncc(Br)cc12. The van der Waals surface area contributed by atoms with Gasteiger partial charge in [0.15, 0.2) is 0 Å². The van der Waals surface area contributed by atoms with E-state index in [4.69, 9.17) is 10.7 Å². The predicted molar refractivity (Wildman–Crippen MR) is 86.0 cm³/mol. The third-order valence-corrected chi connectivity index (χ3v) is 4.89. The number of benzene rings is 1. The molecule has 0 aliphatic rings. The highest BCUT2D eigenvalue weighted by Gasteiger charge is 2.20. The van der Waals surface area contributed by atoms with Crippen LogP contribution in [0.2, 0.25) is 0 Å². The van der Waals surface area contributed by atoms with Crippen LogP contribution in [0.4, 0.5) is 0 Å². The molecule has 0 aliphatic carbocycles. The Morgan fingerprint density at radius 3 is 2.62 bits per heavy atom. The second kappa shape index (κ2) is 5.44. The van der Waals surface area contributed by atoms with Gasteiger partial charge in [0, 0.05) is 39.5 Å². The molecule has 21 heavy (non-hydrogen) atoms. The summed E-state index contributed by atoms with van der Waals surface area (Å²) < 4.78 is 26.0. The number of hydrogen-bond donors (Lipinski definition) is 0. The van der Waals surface area contributed by atoms with Crippen molar-refractivity contribution < 1.29 is 8.42 Å². The quantitative estimate of drug-likeness (QED) is 0.645. The van der Waals surface area contributed by atoms with Gasteiger partial charge in [0.05, 0.1) is 0 Å². The van der Waals surface area contributed by atoms with E-state index in [1.165, 1.54) is 6.20 Å². The molecule has 0 spiro atoms. The van der Waals surface area contributed by atoms with E-state index in [9.17, 15) is 8.42 Å². The summed E-state index contributed by atoms with van der Waals surface area (Å²) in [4.78, 5) is 4.38. The summed E-state index contributed by atoms with van der Waals surface area (Å²) in [7, 11) is 1.69. The summed E-state index contributed by atoms with van der Waals surface area (Å²) in [6.07, 6.45) is 3.16. The average molecular weight is 386 g/mol. The molecule has 2 heterocycles. The Hall–Kier alpha value is -1.37. The van der Waals surface area contributed by atoms with E-state index in [0.29, 0.717) is 22.1 Å². The van der Waals surface area contributed by atoms with Crippen molar-refractivity contribution in [3.63, 3.8) is 0 Å². The topological polar surface area (TPSA) is 52.0 Å². The normalized spacial score (nSPS) is 11.9. The Morgan fingerprint density at radius 2 is 1.95 bits per heavy atom. The highest BCUT2D eigenvalue weighted by molar-refractivity contribution is 9.10. The van der Waals surface area contributed by atoms with Crippen molar-refractivity contribution in [2.45, 2.75) is 11.4 Å². The minimum Gasteiger partial charge on any atom is -0.327 e. The van der Waals surface area contributed by atoms with E-state index in [1.807, 2.05) is 30.3 Å². The van der Waals surface area contributed by atoms with Crippen molar-refractivity contribution in [2.24, 2.45) is 0 Å². The lowest BCUT2D eigenvalue weighted by Gasteiger charge is -2.04. The van der Waals surface area contributed by atoms with Crippen molar-refractivity contribution in [3.8, 4) is 0 Å². The first-order chi connectivity index (χ1) is 9.95. The summed E-state index contributed by atoms with van der Waals surface area (Å²) in [5, 5.41) is 0.510. The Balaban J connectivity index is 2.20. The molecule has 108 valence electrons. The monoisotopic (exact) mass is 384 g/mol. The fourth-order valence-electron chi connectivity index (χ4n) is 2.21. The van der Waals surface area contributed by atoms with Crippen LogP contribution in [0.25, 0.3) is 11.0 Å². The lowest BCUT2D eigenvalue weighted by Crippen LogP contribution is -1.98. The van der Waals surface area contributed by atoms with Crippen molar-refractivity contribution in [1.82, 2.24) is 9.55 Å². The zero-order valence-electron chi connectivity index (χ0n) is 10.7. The van der Waals surface area contributed by atoms with E-state index < -0.39 is 9.05 Å². The Bertz CT molecular complexity index is 907. The Kier molecular flexibility index (Phi) is 3.77. The summed E-state index contributed by atoms with van der Waals surface area (Å²) in [6, 6.07) is 11.5. The first kappa shape index (κ1) is 14.6. The smallest absolute Gasteiger partial charge is 0.263 e. The van der Waals surface area contributed by atoms with Gasteiger partial charge in [0.2, 0.25) is 0 Å². The first-order valence-electron chi connectivity index (χ1n) is 6.08. The van der Waals surface area contributed by atoms with E-state index in [1.54, 1.807) is 16.8 Å². The Labute approximate surface area is 134 Å². The molecule has 2 aromatic heterocycles. The lowest BCUT2D eigenvalue weighted by molar-refractivity contribution is 0.610. The number of nitrogens with zero attached hydrogens (tertiary/aromatic N) is 2.